The second-order valence-electron chi connectivity index (χ2n) is 6.62. The number of aryl methyl sites for hydroxylation is 1. The monoisotopic (exact) mass is 396 g/mol. The average Bonchev–Trinajstić information content (AvgIpc) is 3.31. The summed E-state index contributed by atoms with van der Waals surface area (Å²) in [6.45, 7) is 3.40. The third-order valence-electron chi connectivity index (χ3n) is 4.22. The number of carbonyl (C=O) groups excluding carboxylic acids is 3. The number of aromatic nitrogens is 1. The number of ether oxygens (including phenoxy) is 2. The minimum absolute atomic E-state index is 0.0132. The topological polar surface area (TPSA) is 123 Å². The molecule has 1 aliphatic heterocycles. The van der Waals surface area contributed by atoms with E-state index in [-0.39, 0.29) is 43.2 Å². The molecule has 0 unspecified atom stereocenters. The van der Waals surface area contributed by atoms with Gasteiger partial charge in [-0.15, -0.1) is 0 Å². The molecule has 10 nitrogen and oxygen atoms in total. The maximum Gasteiger partial charge on any atom is 0.239 e. The van der Waals surface area contributed by atoms with Crippen LogP contribution >= 0.6 is 0 Å². The van der Waals surface area contributed by atoms with Crippen molar-refractivity contribution in [3.05, 3.63) is 11.8 Å². The Balaban J connectivity index is 1.83. The zero-order valence-electron chi connectivity index (χ0n) is 16.4. The van der Waals surface area contributed by atoms with Crippen molar-refractivity contribution in [1.82, 2.24) is 15.4 Å². The standard InChI is InChI=1S/C18H28N4O6/c1-13-10-15(21-28-13)20-16(23)5-6-18(25)22(11-14-4-3-8-27-14)12-17(24)19-7-9-26-2/h10,14H,3-9,11-12H2,1-2H3,(H,19,24)(H,20,21,23)/t14-/m1/s1. The second-order valence-corrected chi connectivity index (χ2v) is 6.62. The van der Waals surface area contributed by atoms with Crippen LogP contribution in [0.3, 0.4) is 0 Å². The van der Waals surface area contributed by atoms with E-state index in [0.29, 0.717) is 37.9 Å². The Hall–Kier alpha value is -2.46. The van der Waals surface area contributed by atoms with Crippen molar-refractivity contribution in [2.45, 2.75) is 38.7 Å². The Morgan fingerprint density at radius 3 is 2.79 bits per heavy atom. The van der Waals surface area contributed by atoms with Crippen molar-refractivity contribution >= 4 is 23.5 Å². The summed E-state index contributed by atoms with van der Waals surface area (Å²) in [5, 5.41) is 8.95. The van der Waals surface area contributed by atoms with Gasteiger partial charge in [-0.05, 0) is 19.8 Å². The Kier molecular flexibility index (Phi) is 8.89. The van der Waals surface area contributed by atoms with E-state index in [1.165, 1.54) is 4.90 Å². The molecule has 0 saturated carbocycles. The molecule has 28 heavy (non-hydrogen) atoms. The predicted molar refractivity (Wildman–Crippen MR) is 99.5 cm³/mol. The molecule has 2 N–H and O–H groups in total. The quantitative estimate of drug-likeness (QED) is 0.521. The minimum Gasteiger partial charge on any atom is -0.383 e. The largest absolute Gasteiger partial charge is 0.383 e. The zero-order valence-corrected chi connectivity index (χ0v) is 16.4. The molecule has 3 amide bonds. The van der Waals surface area contributed by atoms with E-state index in [1.54, 1.807) is 20.1 Å². The van der Waals surface area contributed by atoms with Gasteiger partial charge in [0.2, 0.25) is 17.7 Å². The van der Waals surface area contributed by atoms with E-state index >= 15 is 0 Å². The van der Waals surface area contributed by atoms with E-state index in [0.717, 1.165) is 12.8 Å². The number of amides is 3. The fourth-order valence-corrected chi connectivity index (χ4v) is 2.82. The minimum atomic E-state index is -0.344. The first-order valence-electron chi connectivity index (χ1n) is 9.36. The van der Waals surface area contributed by atoms with Crippen LogP contribution in [0.2, 0.25) is 0 Å². The molecule has 1 aromatic heterocycles. The van der Waals surface area contributed by atoms with Crippen molar-refractivity contribution in [1.29, 1.82) is 0 Å². The van der Waals surface area contributed by atoms with Crippen LogP contribution in [0.25, 0.3) is 0 Å². The van der Waals surface area contributed by atoms with Gasteiger partial charge in [0.25, 0.3) is 0 Å². The number of nitrogens with zero attached hydrogens (tertiary/aromatic N) is 2. The highest BCUT2D eigenvalue weighted by Gasteiger charge is 2.24. The molecule has 0 aliphatic carbocycles. The highest BCUT2D eigenvalue weighted by atomic mass is 16.5. The van der Waals surface area contributed by atoms with Crippen LogP contribution in [-0.2, 0) is 23.9 Å². The van der Waals surface area contributed by atoms with E-state index in [4.69, 9.17) is 14.0 Å². The lowest BCUT2D eigenvalue weighted by atomic mass is 10.2. The molecule has 0 aromatic carbocycles. The Morgan fingerprint density at radius 2 is 2.14 bits per heavy atom. The summed E-state index contributed by atoms with van der Waals surface area (Å²) in [7, 11) is 1.55. The first kappa shape index (κ1) is 21.8. The number of nitrogens with one attached hydrogen (secondary N) is 2. The smallest absolute Gasteiger partial charge is 0.239 e. The molecule has 0 radical (unpaired) electrons. The van der Waals surface area contributed by atoms with Crippen molar-refractivity contribution < 1.29 is 28.4 Å². The fraction of sp³-hybridized carbons (Fsp3) is 0.667. The van der Waals surface area contributed by atoms with E-state index in [2.05, 4.69) is 15.8 Å². The zero-order chi connectivity index (χ0) is 20.4. The van der Waals surface area contributed by atoms with Crippen LogP contribution in [0.1, 0.15) is 31.4 Å². The van der Waals surface area contributed by atoms with E-state index < -0.39 is 0 Å². The number of methoxy groups -OCH3 is 1. The van der Waals surface area contributed by atoms with Crippen LogP contribution in [0.4, 0.5) is 5.82 Å². The number of carbonyl (C=O) groups is 3. The Labute approximate surface area is 163 Å². The second kappa shape index (κ2) is 11.4. The van der Waals surface area contributed by atoms with Gasteiger partial charge < -0.3 is 29.5 Å². The summed E-state index contributed by atoms with van der Waals surface area (Å²) < 4.78 is 15.4. The van der Waals surface area contributed by atoms with Crippen LogP contribution in [-0.4, -0.2) is 73.8 Å². The summed E-state index contributed by atoms with van der Waals surface area (Å²) >= 11 is 0. The maximum atomic E-state index is 12.6. The molecule has 1 saturated heterocycles. The molecule has 2 heterocycles. The summed E-state index contributed by atoms with van der Waals surface area (Å²) in [6.07, 6.45) is 1.68. The highest BCUT2D eigenvalue weighted by molar-refractivity contribution is 5.93. The lowest BCUT2D eigenvalue weighted by Gasteiger charge is -2.25. The number of anilines is 1. The summed E-state index contributed by atoms with van der Waals surface area (Å²) in [6, 6.07) is 1.59. The maximum absolute atomic E-state index is 12.6. The van der Waals surface area contributed by atoms with Gasteiger partial charge in [0.15, 0.2) is 5.82 Å². The van der Waals surface area contributed by atoms with Crippen LogP contribution in [0, 0.1) is 6.92 Å². The van der Waals surface area contributed by atoms with Gasteiger partial charge in [0, 0.05) is 45.7 Å². The summed E-state index contributed by atoms with van der Waals surface area (Å²) in [5.74, 6) is -0.00431. The molecule has 1 aromatic rings. The number of hydrogen-bond acceptors (Lipinski definition) is 7. The van der Waals surface area contributed by atoms with Crippen LogP contribution in [0.15, 0.2) is 10.6 Å². The first-order valence-corrected chi connectivity index (χ1v) is 9.36. The van der Waals surface area contributed by atoms with Crippen molar-refractivity contribution in [3.8, 4) is 0 Å². The SMILES string of the molecule is COCCNC(=O)CN(C[C@H]1CCCO1)C(=O)CCC(=O)Nc1cc(C)on1. The molecular formula is C18H28N4O6. The van der Waals surface area contributed by atoms with Gasteiger partial charge >= 0.3 is 0 Å². The third-order valence-corrected chi connectivity index (χ3v) is 4.22. The fourth-order valence-electron chi connectivity index (χ4n) is 2.82. The normalized spacial score (nSPS) is 16.0. The molecule has 1 aliphatic rings. The molecule has 2 rings (SSSR count). The molecule has 0 bridgehead atoms. The van der Waals surface area contributed by atoms with Crippen molar-refractivity contribution in [3.63, 3.8) is 0 Å². The molecule has 10 heteroatoms. The first-order chi connectivity index (χ1) is 13.5. The van der Waals surface area contributed by atoms with E-state index in [1.807, 2.05) is 0 Å². The lowest BCUT2D eigenvalue weighted by molar-refractivity contribution is -0.138. The summed E-state index contributed by atoms with van der Waals surface area (Å²) in [4.78, 5) is 38.2. The number of rotatable bonds is 11. The van der Waals surface area contributed by atoms with Gasteiger partial charge in [-0.25, -0.2) is 0 Å². The van der Waals surface area contributed by atoms with Crippen molar-refractivity contribution in [2.75, 3.05) is 45.3 Å². The molecule has 1 fully saturated rings. The van der Waals surface area contributed by atoms with Crippen LogP contribution < -0.4 is 10.6 Å². The third kappa shape index (κ3) is 7.65. The Morgan fingerprint density at radius 1 is 1.32 bits per heavy atom. The van der Waals surface area contributed by atoms with Crippen LogP contribution in [0.5, 0.6) is 0 Å². The van der Waals surface area contributed by atoms with Gasteiger partial charge in [-0.3, -0.25) is 14.4 Å². The van der Waals surface area contributed by atoms with Gasteiger partial charge in [-0.1, -0.05) is 5.16 Å². The van der Waals surface area contributed by atoms with Crippen molar-refractivity contribution in [2.24, 2.45) is 0 Å². The summed E-state index contributed by atoms with van der Waals surface area (Å²) in [5.41, 5.74) is 0. The molecule has 0 spiro atoms. The van der Waals surface area contributed by atoms with Gasteiger partial charge in [-0.2, -0.15) is 0 Å². The molecular weight excluding hydrogens is 368 g/mol. The average molecular weight is 396 g/mol. The molecule has 1 atom stereocenters. The Bertz CT molecular complexity index is 656. The van der Waals surface area contributed by atoms with Gasteiger partial charge in [0.05, 0.1) is 19.3 Å². The number of hydrogen-bond donors (Lipinski definition) is 2. The molecule has 156 valence electrons. The highest BCUT2D eigenvalue weighted by Crippen LogP contribution is 2.14. The predicted octanol–water partition coefficient (Wildman–Crippen LogP) is 0.472. The van der Waals surface area contributed by atoms with E-state index in [9.17, 15) is 14.4 Å². The van der Waals surface area contributed by atoms with Gasteiger partial charge in [0.1, 0.15) is 5.76 Å². The lowest BCUT2D eigenvalue weighted by Crippen LogP contribution is -2.44.